The highest BCUT2D eigenvalue weighted by molar-refractivity contribution is 5.90. The maximum Gasteiger partial charge on any atom is 0.336 e. The van der Waals surface area contributed by atoms with Crippen molar-refractivity contribution >= 4 is 5.97 Å². The fourth-order valence-electron chi connectivity index (χ4n) is 2.97. The molecule has 3 rings (SSSR count). The van der Waals surface area contributed by atoms with Crippen molar-refractivity contribution in [2.24, 2.45) is 5.92 Å². The second-order valence-corrected chi connectivity index (χ2v) is 4.75. The molecule has 2 N–H and O–H groups in total. The van der Waals surface area contributed by atoms with E-state index in [1.54, 1.807) is 18.5 Å². The highest BCUT2D eigenvalue weighted by atomic mass is 16.4. The van der Waals surface area contributed by atoms with Crippen molar-refractivity contribution in [2.75, 3.05) is 13.1 Å². The van der Waals surface area contributed by atoms with Crippen molar-refractivity contribution in [1.82, 2.24) is 10.3 Å². The van der Waals surface area contributed by atoms with Crippen LogP contribution in [0.4, 0.5) is 0 Å². The van der Waals surface area contributed by atoms with Crippen LogP contribution < -0.4 is 5.32 Å². The van der Waals surface area contributed by atoms with E-state index in [-0.39, 0.29) is 5.41 Å². The number of hydrogen-bond donors (Lipinski definition) is 2. The summed E-state index contributed by atoms with van der Waals surface area (Å²) in [5.74, 6) is -0.195. The summed E-state index contributed by atoms with van der Waals surface area (Å²) in [6, 6.07) is 1.61. The topological polar surface area (TPSA) is 62.2 Å². The Hall–Kier alpha value is -1.42. The Bertz CT molecular complexity index is 446. The van der Waals surface area contributed by atoms with Crippen LogP contribution in [0, 0.1) is 5.92 Å². The highest BCUT2D eigenvalue weighted by Gasteiger charge is 2.57. The number of carboxylic acids is 1. The fraction of sp³-hybridized carbons (Fsp3) is 0.500. The molecule has 0 amide bonds. The molecule has 0 bridgehead atoms. The van der Waals surface area contributed by atoms with Gasteiger partial charge in [0.05, 0.1) is 5.56 Å². The van der Waals surface area contributed by atoms with Gasteiger partial charge >= 0.3 is 5.97 Å². The van der Waals surface area contributed by atoms with Crippen LogP contribution in [0.2, 0.25) is 0 Å². The van der Waals surface area contributed by atoms with E-state index in [0.717, 1.165) is 31.5 Å². The van der Waals surface area contributed by atoms with Gasteiger partial charge in [-0.25, -0.2) is 4.79 Å². The van der Waals surface area contributed by atoms with Gasteiger partial charge in [-0.3, -0.25) is 4.98 Å². The molecule has 4 heteroatoms. The van der Waals surface area contributed by atoms with Crippen LogP contribution in [-0.2, 0) is 5.41 Å². The summed E-state index contributed by atoms with van der Waals surface area (Å²) < 4.78 is 0. The average Bonchev–Trinajstić information content (AvgIpc) is 3.04. The first-order chi connectivity index (χ1) is 7.74. The number of piperidine rings is 1. The highest BCUT2D eigenvalue weighted by Crippen LogP contribution is 2.57. The lowest BCUT2D eigenvalue weighted by atomic mass is 9.88. The molecule has 2 atom stereocenters. The first-order valence-corrected chi connectivity index (χ1v) is 5.62. The monoisotopic (exact) mass is 218 g/mol. The van der Waals surface area contributed by atoms with Crippen LogP contribution in [0.5, 0.6) is 0 Å². The normalized spacial score (nSPS) is 31.9. The maximum atomic E-state index is 11.2. The number of aromatic nitrogens is 1. The van der Waals surface area contributed by atoms with Crippen molar-refractivity contribution in [2.45, 2.75) is 18.3 Å². The van der Waals surface area contributed by atoms with E-state index in [9.17, 15) is 9.90 Å². The van der Waals surface area contributed by atoms with Gasteiger partial charge in [0.2, 0.25) is 0 Å². The second-order valence-electron chi connectivity index (χ2n) is 4.75. The van der Waals surface area contributed by atoms with Gasteiger partial charge in [0, 0.05) is 24.4 Å². The van der Waals surface area contributed by atoms with Crippen molar-refractivity contribution < 1.29 is 9.90 Å². The van der Waals surface area contributed by atoms with Crippen LogP contribution in [0.25, 0.3) is 0 Å². The van der Waals surface area contributed by atoms with Crippen molar-refractivity contribution in [3.8, 4) is 0 Å². The molecule has 2 heterocycles. The van der Waals surface area contributed by atoms with Crippen LogP contribution in [0.1, 0.15) is 28.8 Å². The zero-order valence-corrected chi connectivity index (χ0v) is 8.94. The lowest BCUT2D eigenvalue weighted by Gasteiger charge is -2.24. The summed E-state index contributed by atoms with van der Waals surface area (Å²) in [5.41, 5.74) is 1.39. The van der Waals surface area contributed by atoms with Gasteiger partial charge in [0.25, 0.3) is 0 Å². The largest absolute Gasteiger partial charge is 0.478 e. The first kappa shape index (κ1) is 9.78. The molecule has 84 valence electrons. The molecule has 0 spiro atoms. The molecule has 1 saturated heterocycles. The smallest absolute Gasteiger partial charge is 0.336 e. The Morgan fingerprint density at radius 3 is 3.25 bits per heavy atom. The predicted molar refractivity (Wildman–Crippen MR) is 58.5 cm³/mol. The van der Waals surface area contributed by atoms with E-state index in [1.807, 2.05) is 0 Å². The van der Waals surface area contributed by atoms with E-state index in [2.05, 4.69) is 10.3 Å². The Morgan fingerprint density at radius 1 is 1.62 bits per heavy atom. The molecule has 1 saturated carbocycles. The number of aromatic carboxylic acids is 1. The molecule has 1 aromatic heterocycles. The molecule has 2 aliphatic rings. The molecule has 2 unspecified atom stereocenters. The molecular formula is C12H14N2O2. The number of nitrogens with one attached hydrogen (secondary N) is 1. The zero-order chi connectivity index (χ0) is 11.2. The van der Waals surface area contributed by atoms with Crippen molar-refractivity contribution in [3.05, 3.63) is 29.6 Å². The van der Waals surface area contributed by atoms with Gasteiger partial charge in [0.15, 0.2) is 0 Å². The summed E-state index contributed by atoms with van der Waals surface area (Å²) >= 11 is 0. The van der Waals surface area contributed by atoms with Gasteiger partial charge < -0.3 is 10.4 Å². The second kappa shape index (κ2) is 3.28. The van der Waals surface area contributed by atoms with E-state index in [0.29, 0.717) is 11.5 Å². The van der Waals surface area contributed by atoms with Crippen LogP contribution in [-0.4, -0.2) is 29.1 Å². The first-order valence-electron chi connectivity index (χ1n) is 5.62. The molecule has 1 aromatic rings. The Kier molecular flexibility index (Phi) is 2.01. The quantitative estimate of drug-likeness (QED) is 0.778. The van der Waals surface area contributed by atoms with E-state index >= 15 is 0 Å². The molecule has 16 heavy (non-hydrogen) atoms. The summed E-state index contributed by atoms with van der Waals surface area (Å²) in [5, 5.41) is 12.5. The van der Waals surface area contributed by atoms with Gasteiger partial charge in [-0.2, -0.15) is 0 Å². The molecule has 1 aliphatic carbocycles. The molecule has 0 radical (unpaired) electrons. The summed E-state index contributed by atoms with van der Waals surface area (Å²) in [7, 11) is 0. The summed E-state index contributed by atoms with van der Waals surface area (Å²) in [6.45, 7) is 1.94. The number of rotatable bonds is 2. The minimum atomic E-state index is -0.844. The van der Waals surface area contributed by atoms with Gasteiger partial charge in [-0.05, 0) is 36.9 Å². The fourth-order valence-corrected chi connectivity index (χ4v) is 2.97. The standard InChI is InChI=1S/C12H14N2O2/c15-11(16)9-2-4-13-6-10(9)12-5-8(12)1-3-14-7-12/h2,4,6,8,14H,1,3,5,7H2,(H,15,16). The number of pyridine rings is 1. The number of nitrogens with zero attached hydrogens (tertiary/aromatic N) is 1. The average molecular weight is 218 g/mol. The van der Waals surface area contributed by atoms with E-state index in [1.165, 1.54) is 0 Å². The summed E-state index contributed by atoms with van der Waals surface area (Å²) in [4.78, 5) is 15.3. The van der Waals surface area contributed by atoms with Crippen molar-refractivity contribution in [3.63, 3.8) is 0 Å². The third-order valence-electron chi connectivity index (χ3n) is 3.93. The van der Waals surface area contributed by atoms with Gasteiger partial charge in [-0.15, -0.1) is 0 Å². The Morgan fingerprint density at radius 2 is 2.50 bits per heavy atom. The lowest BCUT2D eigenvalue weighted by molar-refractivity contribution is 0.0694. The van der Waals surface area contributed by atoms with E-state index in [4.69, 9.17) is 0 Å². The molecular weight excluding hydrogens is 204 g/mol. The Balaban J connectivity index is 2.04. The van der Waals surface area contributed by atoms with Gasteiger partial charge in [0.1, 0.15) is 0 Å². The number of hydrogen-bond acceptors (Lipinski definition) is 3. The van der Waals surface area contributed by atoms with E-state index < -0.39 is 5.97 Å². The molecule has 2 fully saturated rings. The van der Waals surface area contributed by atoms with Crippen LogP contribution in [0.15, 0.2) is 18.5 Å². The minimum Gasteiger partial charge on any atom is -0.478 e. The lowest BCUT2D eigenvalue weighted by Crippen LogP contribution is -2.35. The minimum absolute atomic E-state index is 0.0558. The summed E-state index contributed by atoms with van der Waals surface area (Å²) in [6.07, 6.45) is 5.54. The predicted octanol–water partition coefficient (Wildman–Crippen LogP) is 1.03. The maximum absolute atomic E-state index is 11.2. The van der Waals surface area contributed by atoms with Crippen LogP contribution >= 0.6 is 0 Å². The third-order valence-corrected chi connectivity index (χ3v) is 3.93. The van der Waals surface area contributed by atoms with Crippen LogP contribution in [0.3, 0.4) is 0 Å². The Labute approximate surface area is 93.7 Å². The molecule has 4 nitrogen and oxygen atoms in total. The zero-order valence-electron chi connectivity index (χ0n) is 8.94. The molecule has 0 aromatic carbocycles. The number of carbonyl (C=O) groups is 1. The van der Waals surface area contributed by atoms with Crippen molar-refractivity contribution in [1.29, 1.82) is 0 Å². The van der Waals surface area contributed by atoms with Gasteiger partial charge in [-0.1, -0.05) is 0 Å². The number of fused-ring (bicyclic) bond motifs is 1. The number of carboxylic acid groups (broad SMARTS) is 1. The molecule has 1 aliphatic heterocycles. The SMILES string of the molecule is O=C(O)c1ccncc1C12CNCCC1C2. The third kappa shape index (κ3) is 1.26.